The van der Waals surface area contributed by atoms with Crippen LogP contribution in [0.2, 0.25) is 0 Å². The average Bonchev–Trinajstić information content (AvgIpc) is 0.903. The number of esters is 3. The van der Waals surface area contributed by atoms with Crippen molar-refractivity contribution in [1.29, 1.82) is 0 Å². The second-order valence-corrected chi connectivity index (χ2v) is 33.6. The minimum atomic E-state index is -4.96. The molecule has 119 heavy (non-hydrogen) atoms. The number of carbonyl (C=O) groups excluding carboxylic acids is 3. The van der Waals surface area contributed by atoms with Crippen molar-refractivity contribution < 1.29 is 75.8 Å². The number of ether oxygens (including phenoxy) is 3. The number of hydrogen-bond donors (Lipinski definition) is 4. The number of hydrogen-bond acceptors (Lipinski definition) is 14. The summed E-state index contributed by atoms with van der Waals surface area (Å²) >= 11 is 0. The number of allylic oxidation sites excluding steroid dienone is 32. The fraction of sp³-hybridized carbons (Fsp3) is 0.653. The van der Waals surface area contributed by atoms with Gasteiger partial charge in [-0.25, -0.2) is 9.13 Å². The minimum Gasteiger partial charge on any atom is -0.463 e. The third kappa shape index (κ3) is 92.9. The summed E-state index contributed by atoms with van der Waals surface area (Å²) in [6.45, 7) is 2.32. The summed E-state index contributed by atoms with van der Waals surface area (Å²) in [5.41, 5.74) is 0. The van der Waals surface area contributed by atoms with E-state index < -0.39 is 91.5 Å². The van der Waals surface area contributed by atoms with E-state index in [9.17, 15) is 43.5 Å². The van der Waals surface area contributed by atoms with Crippen LogP contribution >= 0.6 is 15.6 Å². The summed E-state index contributed by atoms with van der Waals surface area (Å²) < 4.78 is 61.5. The quantitative estimate of drug-likeness (QED) is 0.0146. The topological polar surface area (TPSA) is 231 Å². The van der Waals surface area contributed by atoms with Gasteiger partial charge in [-0.05, 0) is 161 Å². The lowest BCUT2D eigenvalue weighted by atomic mass is 10.0. The van der Waals surface area contributed by atoms with Crippen molar-refractivity contribution in [3.8, 4) is 0 Å². The van der Waals surface area contributed by atoms with Crippen molar-refractivity contribution in [2.45, 2.75) is 386 Å². The first-order valence-electron chi connectivity index (χ1n) is 46.7. The standard InChI is InChI=1S/C101H168O16P2/c1-4-7-10-13-16-19-22-25-28-31-34-37-39-41-43-45-47-49-51-53-55-58-60-63-66-69-72-75-78-81-84-87-99(104)111-90-96(102)91-113-118(107,108)114-92-97(103)93-115-119(109,110)116-95-98(117-101(106)89-86-83-80-77-74-71-68-65-62-57-36-33-30-27-24-21-18-15-12-9-6-3)94-112-100(105)88-85-82-79-76-73-70-67-64-61-59-56-54-52-50-48-46-44-42-40-38-35-32-29-26-23-20-17-14-11-8-5-2/h7-12,16-21,25-30,34-38,41-44,57,65,68,74,77,96-98,102-103H,4-6,13-15,22-24,31-33,39-40,45-56,58-64,66-67,69-73,75-76,78-95H2,1-3H3,(H,107,108)(H,109,110)/b10-7-,11-8-,12-9-,19-16-,20-17-,21-18-,28-25-,29-26-,30-27-,37-34-,38-35-,43-41-,44-42-,57-36-,68-65-,77-74-. The van der Waals surface area contributed by atoms with Crippen molar-refractivity contribution in [3.05, 3.63) is 194 Å². The number of rotatable bonds is 87. The Hall–Kier alpha value is -5.61. The average molecular weight is 1700 g/mol. The molecular weight excluding hydrogens is 1530 g/mol. The first-order chi connectivity index (χ1) is 58.2. The van der Waals surface area contributed by atoms with E-state index in [4.69, 9.17) is 32.3 Å². The van der Waals surface area contributed by atoms with Crippen molar-refractivity contribution in [1.82, 2.24) is 0 Å². The number of phosphoric acid groups is 2. The second kappa shape index (κ2) is 91.6. The molecule has 0 radical (unpaired) electrons. The molecular formula is C101H168O16P2. The Morgan fingerprint density at radius 3 is 0.681 bits per heavy atom. The Labute approximate surface area is 725 Å². The Morgan fingerprint density at radius 1 is 0.235 bits per heavy atom. The monoisotopic (exact) mass is 1700 g/mol. The van der Waals surface area contributed by atoms with Crippen molar-refractivity contribution in [3.63, 3.8) is 0 Å². The first kappa shape index (κ1) is 113. The maximum Gasteiger partial charge on any atom is 0.472 e. The highest BCUT2D eigenvalue weighted by Crippen LogP contribution is 2.45. The van der Waals surface area contributed by atoms with Gasteiger partial charge in [-0.15, -0.1) is 0 Å². The van der Waals surface area contributed by atoms with Gasteiger partial charge in [0.05, 0.1) is 26.4 Å². The van der Waals surface area contributed by atoms with E-state index in [-0.39, 0.29) is 19.3 Å². The van der Waals surface area contributed by atoms with Crippen LogP contribution in [-0.4, -0.2) is 95.9 Å². The highest BCUT2D eigenvalue weighted by molar-refractivity contribution is 7.47. The molecule has 0 aromatic carbocycles. The van der Waals surface area contributed by atoms with Crippen LogP contribution in [0.5, 0.6) is 0 Å². The first-order valence-corrected chi connectivity index (χ1v) is 49.7. The molecule has 0 bridgehead atoms. The van der Waals surface area contributed by atoms with Gasteiger partial charge in [0.1, 0.15) is 25.4 Å². The van der Waals surface area contributed by atoms with Gasteiger partial charge < -0.3 is 34.2 Å². The third-order valence-electron chi connectivity index (χ3n) is 19.3. The van der Waals surface area contributed by atoms with Gasteiger partial charge in [0.15, 0.2) is 6.10 Å². The Bertz CT molecular complexity index is 2940. The van der Waals surface area contributed by atoms with Gasteiger partial charge >= 0.3 is 33.6 Å². The zero-order valence-corrected chi connectivity index (χ0v) is 76.5. The molecule has 18 heteroatoms. The Kier molecular flexibility index (Phi) is 87.3. The molecule has 0 aromatic heterocycles. The van der Waals surface area contributed by atoms with E-state index in [0.717, 1.165) is 161 Å². The summed E-state index contributed by atoms with van der Waals surface area (Å²) in [7, 11) is -9.83. The van der Waals surface area contributed by atoms with Crippen molar-refractivity contribution in [2.75, 3.05) is 39.6 Å². The highest BCUT2D eigenvalue weighted by Gasteiger charge is 2.29. The summed E-state index contributed by atoms with van der Waals surface area (Å²) in [4.78, 5) is 59.0. The van der Waals surface area contributed by atoms with Crippen LogP contribution in [0.3, 0.4) is 0 Å². The molecule has 0 heterocycles. The number of phosphoric ester groups is 2. The van der Waals surface area contributed by atoms with E-state index >= 15 is 0 Å². The Morgan fingerprint density at radius 2 is 0.420 bits per heavy atom. The minimum absolute atomic E-state index is 0.0444. The van der Waals surface area contributed by atoms with Gasteiger partial charge in [0, 0.05) is 19.3 Å². The van der Waals surface area contributed by atoms with Gasteiger partial charge in [-0.1, -0.05) is 382 Å². The van der Waals surface area contributed by atoms with Crippen LogP contribution in [0.15, 0.2) is 194 Å². The Balaban J connectivity index is 4.61. The SMILES string of the molecule is CC/C=C\C/C=C\C/C=C\C/C=C\C/C=C\C/C=C\CCCCC(=O)OC(COC(=O)CCCCCCCCCCCCCCCCC/C=C\C/C=C\C/C=C\C/C=C\C/C=C\CC)COP(=O)(O)OCC(O)COP(=O)(O)OCC(O)COC(=O)CCCCCCCCCCCCCCCCC/C=C\C/C=C\C/C=C\C/C=C\C/C=C\CC. The molecule has 0 fully saturated rings. The zero-order chi connectivity index (χ0) is 86.5. The van der Waals surface area contributed by atoms with E-state index in [1.165, 1.54) is 141 Å². The van der Waals surface area contributed by atoms with E-state index in [1.54, 1.807) is 0 Å². The lowest BCUT2D eigenvalue weighted by Gasteiger charge is -2.21. The molecule has 4 N–H and O–H groups in total. The van der Waals surface area contributed by atoms with Gasteiger partial charge in [-0.3, -0.25) is 32.5 Å². The number of unbranched alkanes of at least 4 members (excludes halogenated alkanes) is 32. The van der Waals surface area contributed by atoms with Crippen LogP contribution in [-0.2, 0) is 55.8 Å². The zero-order valence-electron chi connectivity index (χ0n) is 74.7. The summed E-state index contributed by atoms with van der Waals surface area (Å²) in [5, 5.41) is 20.7. The third-order valence-corrected chi connectivity index (χ3v) is 21.2. The van der Waals surface area contributed by atoms with Gasteiger partial charge in [-0.2, -0.15) is 0 Å². The van der Waals surface area contributed by atoms with Crippen molar-refractivity contribution >= 4 is 33.6 Å². The molecule has 0 aliphatic carbocycles. The molecule has 0 amide bonds. The second-order valence-electron chi connectivity index (χ2n) is 30.7. The molecule has 0 aliphatic heterocycles. The lowest BCUT2D eigenvalue weighted by molar-refractivity contribution is -0.161. The predicted molar refractivity (Wildman–Crippen MR) is 500 cm³/mol. The molecule has 0 saturated heterocycles. The predicted octanol–water partition coefficient (Wildman–Crippen LogP) is 29.0. The normalized spacial score (nSPS) is 14.6. The number of aliphatic hydroxyl groups excluding tert-OH is 2. The summed E-state index contributed by atoms with van der Waals surface area (Å²) in [6, 6.07) is 0. The van der Waals surface area contributed by atoms with Crippen LogP contribution < -0.4 is 0 Å². The van der Waals surface area contributed by atoms with E-state index in [1.807, 2.05) is 0 Å². The number of aliphatic hydroxyl groups is 2. The smallest absolute Gasteiger partial charge is 0.463 e. The van der Waals surface area contributed by atoms with E-state index in [2.05, 4.69) is 215 Å². The molecule has 0 aliphatic rings. The number of carbonyl (C=O) groups is 3. The summed E-state index contributed by atoms with van der Waals surface area (Å²) in [6.07, 6.45) is 122. The molecule has 0 saturated carbocycles. The lowest BCUT2D eigenvalue weighted by Crippen LogP contribution is -2.30. The maximum absolute atomic E-state index is 13.1. The summed E-state index contributed by atoms with van der Waals surface area (Å²) in [5.74, 6) is -1.62. The molecule has 5 atom stereocenters. The van der Waals surface area contributed by atoms with Gasteiger partial charge in [0.2, 0.25) is 0 Å². The molecule has 0 spiro atoms. The molecule has 0 aromatic rings. The molecule has 0 rings (SSSR count). The molecule has 5 unspecified atom stereocenters. The van der Waals surface area contributed by atoms with E-state index in [0.29, 0.717) is 25.7 Å². The van der Waals surface area contributed by atoms with Crippen LogP contribution in [0.25, 0.3) is 0 Å². The van der Waals surface area contributed by atoms with Crippen LogP contribution in [0.1, 0.15) is 367 Å². The van der Waals surface area contributed by atoms with Crippen molar-refractivity contribution in [2.24, 2.45) is 0 Å². The maximum atomic E-state index is 13.1. The fourth-order valence-corrected chi connectivity index (χ4v) is 13.9. The molecule has 678 valence electrons. The van der Waals surface area contributed by atoms with Crippen LogP contribution in [0.4, 0.5) is 0 Å². The fourth-order valence-electron chi connectivity index (χ4n) is 12.3. The largest absolute Gasteiger partial charge is 0.472 e. The van der Waals surface area contributed by atoms with Gasteiger partial charge in [0.25, 0.3) is 0 Å². The van der Waals surface area contributed by atoms with Crippen LogP contribution in [0, 0.1) is 0 Å². The highest BCUT2D eigenvalue weighted by atomic mass is 31.2. The molecule has 16 nitrogen and oxygen atoms in total.